The lowest BCUT2D eigenvalue weighted by Gasteiger charge is -2.38. The van der Waals surface area contributed by atoms with E-state index in [2.05, 4.69) is 0 Å². The first-order valence-electron chi connectivity index (χ1n) is 6.24. The van der Waals surface area contributed by atoms with Crippen LogP contribution in [0.1, 0.15) is 12.5 Å². The molecule has 1 aliphatic heterocycles. The van der Waals surface area contributed by atoms with E-state index in [0.717, 1.165) is 6.07 Å². The minimum atomic E-state index is -1.21. The molecular formula is C13H15F3N2O2. The van der Waals surface area contributed by atoms with Crippen molar-refractivity contribution in [3.05, 3.63) is 35.1 Å². The van der Waals surface area contributed by atoms with Gasteiger partial charge in [-0.3, -0.25) is 4.90 Å². The summed E-state index contributed by atoms with van der Waals surface area (Å²) in [6.07, 6.45) is -1.00. The predicted molar refractivity (Wildman–Crippen MR) is 65.8 cm³/mol. The van der Waals surface area contributed by atoms with Gasteiger partial charge in [-0.1, -0.05) is 0 Å². The molecule has 0 saturated carbocycles. The summed E-state index contributed by atoms with van der Waals surface area (Å²) in [5.74, 6) is -3.09. The van der Waals surface area contributed by atoms with Gasteiger partial charge in [-0.2, -0.15) is 0 Å². The van der Waals surface area contributed by atoms with Gasteiger partial charge in [-0.25, -0.2) is 18.0 Å². The van der Waals surface area contributed by atoms with E-state index >= 15 is 0 Å². The second-order valence-corrected chi connectivity index (χ2v) is 4.91. The molecule has 0 radical (unpaired) electrons. The van der Waals surface area contributed by atoms with E-state index in [1.807, 2.05) is 0 Å². The molecule has 1 unspecified atom stereocenters. The highest BCUT2D eigenvalue weighted by Crippen LogP contribution is 2.19. The smallest absolute Gasteiger partial charge is 0.407 e. The maximum atomic E-state index is 13.6. The Morgan fingerprint density at radius 2 is 2.05 bits per heavy atom. The maximum Gasteiger partial charge on any atom is 0.407 e. The van der Waals surface area contributed by atoms with Crippen molar-refractivity contribution in [3.63, 3.8) is 0 Å². The molecular weight excluding hydrogens is 273 g/mol. The number of amides is 1. The fourth-order valence-electron chi connectivity index (χ4n) is 2.35. The molecule has 110 valence electrons. The van der Waals surface area contributed by atoms with Gasteiger partial charge in [-0.05, 0) is 13.0 Å². The summed E-state index contributed by atoms with van der Waals surface area (Å²) in [7, 11) is 0. The Labute approximate surface area is 114 Å². The van der Waals surface area contributed by atoms with Crippen LogP contribution in [0, 0.1) is 17.5 Å². The molecule has 0 aliphatic carbocycles. The molecule has 0 bridgehead atoms. The first-order chi connectivity index (χ1) is 9.38. The highest BCUT2D eigenvalue weighted by Gasteiger charge is 2.27. The van der Waals surface area contributed by atoms with Crippen LogP contribution in [-0.2, 0) is 6.54 Å². The van der Waals surface area contributed by atoms with E-state index < -0.39 is 23.5 Å². The summed E-state index contributed by atoms with van der Waals surface area (Å²) in [5, 5.41) is 8.90. The number of piperazine rings is 1. The number of rotatable bonds is 2. The van der Waals surface area contributed by atoms with Gasteiger partial charge in [0.05, 0.1) is 0 Å². The Morgan fingerprint density at radius 1 is 1.35 bits per heavy atom. The fourth-order valence-corrected chi connectivity index (χ4v) is 2.35. The topological polar surface area (TPSA) is 43.8 Å². The first kappa shape index (κ1) is 14.6. The number of carboxylic acid groups (broad SMARTS) is 1. The molecule has 7 heteroatoms. The summed E-state index contributed by atoms with van der Waals surface area (Å²) in [4.78, 5) is 13.9. The Morgan fingerprint density at radius 3 is 2.65 bits per heavy atom. The molecule has 1 heterocycles. The number of hydrogen-bond donors (Lipinski definition) is 1. The Balaban J connectivity index is 2.10. The zero-order valence-electron chi connectivity index (χ0n) is 10.9. The van der Waals surface area contributed by atoms with Crippen LogP contribution in [0.3, 0.4) is 0 Å². The van der Waals surface area contributed by atoms with Crippen molar-refractivity contribution in [1.82, 2.24) is 9.80 Å². The molecule has 1 atom stereocenters. The van der Waals surface area contributed by atoms with Crippen LogP contribution < -0.4 is 0 Å². The van der Waals surface area contributed by atoms with Crippen LogP contribution in [0.2, 0.25) is 0 Å². The van der Waals surface area contributed by atoms with Gasteiger partial charge in [0.2, 0.25) is 0 Å². The summed E-state index contributed by atoms with van der Waals surface area (Å²) >= 11 is 0. The zero-order valence-corrected chi connectivity index (χ0v) is 10.9. The standard InChI is InChI=1S/C13H15F3N2O2/c1-8-6-18(13(19)20)3-2-17(8)7-9-4-10(14)5-11(15)12(9)16/h4-5,8H,2-3,6-7H2,1H3,(H,19,20). The summed E-state index contributed by atoms with van der Waals surface area (Å²) in [6, 6.07) is 1.32. The first-order valence-corrected chi connectivity index (χ1v) is 6.24. The largest absolute Gasteiger partial charge is 0.465 e. The SMILES string of the molecule is CC1CN(C(=O)O)CCN1Cc1cc(F)cc(F)c1F. The van der Waals surface area contributed by atoms with Gasteiger partial charge in [0.25, 0.3) is 0 Å². The molecule has 1 saturated heterocycles. The van der Waals surface area contributed by atoms with Crippen molar-refractivity contribution in [2.24, 2.45) is 0 Å². The molecule has 1 fully saturated rings. The third-order valence-corrected chi connectivity index (χ3v) is 3.48. The lowest BCUT2D eigenvalue weighted by molar-refractivity contribution is 0.0704. The second kappa shape index (κ2) is 5.70. The van der Waals surface area contributed by atoms with Crippen molar-refractivity contribution in [2.75, 3.05) is 19.6 Å². The summed E-state index contributed by atoms with van der Waals surface area (Å²) < 4.78 is 39.9. The average molecular weight is 288 g/mol. The normalized spacial score (nSPS) is 20.2. The van der Waals surface area contributed by atoms with E-state index in [9.17, 15) is 18.0 Å². The lowest BCUT2D eigenvalue weighted by atomic mass is 10.1. The number of nitrogens with zero attached hydrogens (tertiary/aromatic N) is 2. The third kappa shape index (κ3) is 3.04. The quantitative estimate of drug-likeness (QED) is 0.849. The summed E-state index contributed by atoms with van der Waals surface area (Å²) in [6.45, 7) is 2.82. The zero-order chi connectivity index (χ0) is 14.9. The molecule has 1 aromatic rings. The van der Waals surface area contributed by atoms with Crippen LogP contribution in [-0.4, -0.2) is 46.7 Å². The van der Waals surface area contributed by atoms with Gasteiger partial charge < -0.3 is 10.0 Å². The molecule has 4 nitrogen and oxygen atoms in total. The molecule has 2 rings (SSSR count). The van der Waals surface area contributed by atoms with E-state index in [4.69, 9.17) is 5.11 Å². The van der Waals surface area contributed by atoms with Crippen molar-refractivity contribution in [1.29, 1.82) is 0 Å². The molecule has 0 aromatic heterocycles. The van der Waals surface area contributed by atoms with Crippen molar-refractivity contribution in [2.45, 2.75) is 19.5 Å². The molecule has 1 aliphatic rings. The van der Waals surface area contributed by atoms with Gasteiger partial charge in [0.1, 0.15) is 5.82 Å². The van der Waals surface area contributed by atoms with E-state index in [0.29, 0.717) is 19.2 Å². The fraction of sp³-hybridized carbons (Fsp3) is 0.462. The van der Waals surface area contributed by atoms with Gasteiger partial charge in [0, 0.05) is 43.9 Å². The predicted octanol–water partition coefficient (Wildman–Crippen LogP) is 2.29. The van der Waals surface area contributed by atoms with Gasteiger partial charge in [-0.15, -0.1) is 0 Å². The summed E-state index contributed by atoms with van der Waals surface area (Å²) in [5.41, 5.74) is -0.0573. The van der Waals surface area contributed by atoms with Crippen LogP contribution in [0.4, 0.5) is 18.0 Å². The molecule has 1 amide bonds. The molecule has 0 spiro atoms. The van der Waals surface area contributed by atoms with Crippen LogP contribution in [0.25, 0.3) is 0 Å². The Kier molecular flexibility index (Phi) is 4.17. The minimum absolute atomic E-state index is 0.0507. The lowest BCUT2D eigenvalue weighted by Crippen LogP contribution is -2.52. The number of carbonyl (C=O) groups is 1. The number of hydrogen-bond acceptors (Lipinski definition) is 2. The number of halogens is 3. The monoisotopic (exact) mass is 288 g/mol. The highest BCUT2D eigenvalue weighted by atomic mass is 19.2. The van der Waals surface area contributed by atoms with Crippen molar-refractivity contribution >= 4 is 6.09 Å². The number of benzene rings is 1. The Bertz CT molecular complexity index is 525. The van der Waals surface area contributed by atoms with Crippen LogP contribution in [0.15, 0.2) is 12.1 Å². The molecule has 1 aromatic carbocycles. The maximum absolute atomic E-state index is 13.6. The molecule has 20 heavy (non-hydrogen) atoms. The van der Waals surface area contributed by atoms with E-state index in [1.165, 1.54) is 4.90 Å². The van der Waals surface area contributed by atoms with Crippen LogP contribution in [0.5, 0.6) is 0 Å². The highest BCUT2D eigenvalue weighted by molar-refractivity contribution is 5.65. The average Bonchev–Trinajstić information content (AvgIpc) is 2.37. The van der Waals surface area contributed by atoms with E-state index in [1.54, 1.807) is 11.8 Å². The van der Waals surface area contributed by atoms with Gasteiger partial charge in [0.15, 0.2) is 11.6 Å². The van der Waals surface area contributed by atoms with Crippen molar-refractivity contribution in [3.8, 4) is 0 Å². The van der Waals surface area contributed by atoms with Crippen LogP contribution >= 0.6 is 0 Å². The third-order valence-electron chi connectivity index (χ3n) is 3.48. The van der Waals surface area contributed by atoms with Gasteiger partial charge >= 0.3 is 6.09 Å². The van der Waals surface area contributed by atoms with E-state index in [-0.39, 0.29) is 24.7 Å². The second-order valence-electron chi connectivity index (χ2n) is 4.91. The Hall–Kier alpha value is -1.76. The molecule has 1 N–H and O–H groups in total. The minimum Gasteiger partial charge on any atom is -0.465 e. The van der Waals surface area contributed by atoms with Crippen molar-refractivity contribution < 1.29 is 23.1 Å².